The zero-order valence-electron chi connectivity index (χ0n) is 39.3. The van der Waals surface area contributed by atoms with Crippen LogP contribution < -0.4 is 0 Å². The van der Waals surface area contributed by atoms with Crippen molar-refractivity contribution in [3.63, 3.8) is 0 Å². The first-order valence-corrected chi connectivity index (χ1v) is 22.1. The van der Waals surface area contributed by atoms with E-state index in [1.807, 2.05) is 41.5 Å². The molecule has 2 rings (SSSR count). The molecule has 0 aromatic heterocycles. The van der Waals surface area contributed by atoms with Crippen molar-refractivity contribution in [2.45, 2.75) is 189 Å². The summed E-state index contributed by atoms with van der Waals surface area (Å²) in [7, 11) is 1.20. The van der Waals surface area contributed by atoms with Gasteiger partial charge in [-0.05, 0) is 63.2 Å². The maximum atomic E-state index is 14.1. The van der Waals surface area contributed by atoms with E-state index in [9.17, 15) is 38.7 Å². The second-order valence-electron chi connectivity index (χ2n) is 18.3. The van der Waals surface area contributed by atoms with Crippen molar-refractivity contribution < 1.29 is 76.6 Å². The second-order valence-corrected chi connectivity index (χ2v) is 18.3. The highest BCUT2D eigenvalue weighted by Crippen LogP contribution is 2.48. The number of methoxy groups -OCH3 is 1. The molecule has 2 aliphatic rings. The van der Waals surface area contributed by atoms with Crippen LogP contribution in [0, 0.1) is 35.5 Å². The summed E-state index contributed by atoms with van der Waals surface area (Å²) in [6.07, 6.45) is -4.19. The summed E-state index contributed by atoms with van der Waals surface area (Å²) in [4.78, 5) is 92.0. The lowest BCUT2D eigenvalue weighted by Gasteiger charge is -2.53. The average molecular weight is 883 g/mol. The summed E-state index contributed by atoms with van der Waals surface area (Å²) in [6, 6.07) is 0. The van der Waals surface area contributed by atoms with Crippen LogP contribution in [0.4, 0.5) is 0 Å². The zero-order valence-corrected chi connectivity index (χ0v) is 39.3. The Balaban J connectivity index is 2.84. The minimum absolute atomic E-state index is 0.0473. The molecule has 16 nitrogen and oxygen atoms in total. The first kappa shape index (κ1) is 54.2. The Morgan fingerprint density at radius 1 is 0.790 bits per heavy atom. The van der Waals surface area contributed by atoms with Crippen molar-refractivity contribution in [2.75, 3.05) is 13.7 Å². The van der Waals surface area contributed by atoms with E-state index < -0.39 is 89.7 Å². The summed E-state index contributed by atoms with van der Waals surface area (Å²) < 4.78 is 47.7. The molecule has 62 heavy (non-hydrogen) atoms. The smallest absolute Gasteiger partial charge is 0.333 e. The van der Waals surface area contributed by atoms with Crippen LogP contribution in [0.5, 0.6) is 0 Å². The number of hydrogen-bond acceptors (Lipinski definition) is 16. The highest BCUT2D eigenvalue weighted by molar-refractivity contribution is 5.87. The minimum atomic E-state index is -1.78. The Bertz CT molecular complexity index is 1570. The average Bonchev–Trinajstić information content (AvgIpc) is 3.12. The Morgan fingerprint density at radius 2 is 1.37 bits per heavy atom. The summed E-state index contributed by atoms with van der Waals surface area (Å²) in [5, 5.41) is 11.6. The number of rotatable bonds is 23. The number of ether oxygens (including phenoxy) is 8. The molecule has 0 aromatic rings. The number of aliphatic hydroxyl groups is 1. The Labute approximate surface area is 367 Å². The van der Waals surface area contributed by atoms with Gasteiger partial charge in [0.25, 0.3) is 0 Å². The first-order valence-electron chi connectivity index (χ1n) is 22.1. The predicted molar refractivity (Wildman–Crippen MR) is 224 cm³/mol. The first-order chi connectivity index (χ1) is 28.9. The fourth-order valence-electron chi connectivity index (χ4n) is 8.61. The lowest BCUT2D eigenvalue weighted by molar-refractivity contribution is -0.405. The molecule has 354 valence electrons. The van der Waals surface area contributed by atoms with E-state index in [2.05, 4.69) is 0 Å². The van der Waals surface area contributed by atoms with E-state index >= 15 is 0 Å². The van der Waals surface area contributed by atoms with Crippen LogP contribution in [-0.4, -0.2) is 103 Å². The predicted octanol–water partition coefficient (Wildman–Crippen LogP) is 6.50. The van der Waals surface area contributed by atoms with Crippen molar-refractivity contribution in [3.8, 4) is 0 Å². The third-order valence-electron chi connectivity index (χ3n) is 10.8. The van der Waals surface area contributed by atoms with Gasteiger partial charge in [0.05, 0.1) is 26.2 Å². The van der Waals surface area contributed by atoms with E-state index in [1.54, 1.807) is 20.8 Å². The largest absolute Gasteiger partial charge is 0.466 e. The molecule has 0 saturated carbocycles. The molecule has 2 saturated heterocycles. The number of ketones is 1. The topological polar surface area (TPSA) is 214 Å². The van der Waals surface area contributed by atoms with E-state index in [-0.39, 0.29) is 86.6 Å². The van der Waals surface area contributed by atoms with Crippen LogP contribution >= 0.6 is 0 Å². The van der Waals surface area contributed by atoms with Crippen LogP contribution in [0.2, 0.25) is 0 Å². The summed E-state index contributed by atoms with van der Waals surface area (Å²) in [5.41, 5.74) is 0.145. The van der Waals surface area contributed by atoms with Crippen molar-refractivity contribution in [1.29, 1.82) is 0 Å². The molecular weight excluding hydrogens is 808 g/mol. The molecule has 0 unspecified atom stereocenters. The number of Topliss-reactive ketones (excluding diaryl/α,β-unsaturated/α-hetero) is 1. The van der Waals surface area contributed by atoms with E-state index in [1.165, 1.54) is 27.0 Å². The molecule has 0 aliphatic carbocycles. The Kier molecular flexibility index (Phi) is 21.7. The standard InChI is InChI=1S/C46H74O16/c1-14-37(49)58-34(17-16-30(9)43(52)55-13)40(44(53)56-15-2)42(57-33(12)48)35(59-38(50)18-26(3)4)21-31(10)41(60-39(51)19-27(5)6)36-20-28(7)23-46(61-36)24-29(8)22-45(54,62-46)25-32(11)47/h16,26-29,31,34-36,40-42,54H,14-15,17-25H2,1-13H3/t28-,29+,31-,34-,35+,36+,40-,41-,42-,45-,46-/m0/s1. The highest BCUT2D eigenvalue weighted by Gasteiger charge is 2.55. The summed E-state index contributed by atoms with van der Waals surface area (Å²) in [6.45, 7) is 20.0. The number of esters is 6. The zero-order chi connectivity index (χ0) is 47.1. The fraction of sp³-hybridized carbons (Fsp3) is 0.804. The normalized spacial score (nSPS) is 25.7. The highest BCUT2D eigenvalue weighted by atomic mass is 16.8. The monoisotopic (exact) mass is 882 g/mol. The summed E-state index contributed by atoms with van der Waals surface area (Å²) >= 11 is 0. The van der Waals surface area contributed by atoms with Gasteiger partial charge >= 0.3 is 35.8 Å². The molecule has 0 bridgehead atoms. The van der Waals surface area contributed by atoms with Crippen LogP contribution in [0.1, 0.15) is 147 Å². The maximum Gasteiger partial charge on any atom is 0.333 e. The van der Waals surface area contributed by atoms with Gasteiger partial charge in [0.1, 0.15) is 30.0 Å². The van der Waals surface area contributed by atoms with Gasteiger partial charge in [-0.3, -0.25) is 28.8 Å². The number of hydrogen-bond donors (Lipinski definition) is 1. The van der Waals surface area contributed by atoms with E-state index in [0.29, 0.717) is 19.3 Å². The lowest BCUT2D eigenvalue weighted by Crippen LogP contribution is -2.59. The van der Waals surface area contributed by atoms with Gasteiger partial charge in [-0.2, -0.15) is 0 Å². The number of carbonyl (C=O) groups is 7. The molecule has 0 aromatic carbocycles. The minimum Gasteiger partial charge on any atom is -0.466 e. The van der Waals surface area contributed by atoms with Gasteiger partial charge in [-0.25, -0.2) is 4.79 Å². The molecule has 1 N–H and O–H groups in total. The molecule has 0 radical (unpaired) electrons. The quantitative estimate of drug-likeness (QED) is 0.0659. The van der Waals surface area contributed by atoms with Gasteiger partial charge in [0, 0.05) is 57.4 Å². The Hall–Kier alpha value is -3.89. The molecule has 0 amide bonds. The molecule has 16 heteroatoms. The van der Waals surface area contributed by atoms with E-state index in [4.69, 9.17) is 37.9 Å². The molecule has 2 heterocycles. The molecule has 2 aliphatic heterocycles. The number of carbonyl (C=O) groups excluding carboxylic acids is 7. The van der Waals surface area contributed by atoms with Crippen molar-refractivity contribution in [1.82, 2.24) is 0 Å². The fourth-order valence-corrected chi connectivity index (χ4v) is 8.61. The lowest BCUT2D eigenvalue weighted by atomic mass is 9.78. The van der Waals surface area contributed by atoms with Crippen LogP contribution in [0.3, 0.4) is 0 Å². The summed E-state index contributed by atoms with van der Waals surface area (Å²) in [5.74, 6) is -10.5. The van der Waals surface area contributed by atoms with Gasteiger partial charge in [0.15, 0.2) is 17.7 Å². The third kappa shape index (κ3) is 17.3. The molecule has 1 spiro atoms. The molecule has 2 fully saturated rings. The molecular formula is C46H74O16. The van der Waals surface area contributed by atoms with Crippen molar-refractivity contribution in [2.24, 2.45) is 35.5 Å². The molecule has 11 atom stereocenters. The van der Waals surface area contributed by atoms with Crippen LogP contribution in [0.25, 0.3) is 0 Å². The maximum absolute atomic E-state index is 14.1. The Morgan fingerprint density at radius 3 is 1.90 bits per heavy atom. The van der Waals surface area contributed by atoms with Gasteiger partial charge in [-0.15, -0.1) is 0 Å². The SMILES string of the molecule is CCOC(=O)[C@H]([C@@H](OC(C)=O)[C@@H](C[C@H](C)[C@H](OC(=O)CC(C)C)[C@H]1C[C@H](C)C[C@]2(C[C@H](C)C[C@@](O)(CC(C)=O)O2)O1)OC(=O)CC(C)C)[C@H](CC=C(C)C(=O)OC)OC(=O)CC. The van der Waals surface area contributed by atoms with Gasteiger partial charge in [-0.1, -0.05) is 61.5 Å². The second kappa shape index (κ2) is 24.8. The van der Waals surface area contributed by atoms with Gasteiger partial charge in [0.2, 0.25) is 0 Å². The van der Waals surface area contributed by atoms with Crippen LogP contribution in [-0.2, 0) is 71.5 Å². The van der Waals surface area contributed by atoms with Crippen molar-refractivity contribution in [3.05, 3.63) is 11.6 Å². The van der Waals surface area contributed by atoms with Gasteiger partial charge < -0.3 is 43.0 Å². The van der Waals surface area contributed by atoms with E-state index in [0.717, 1.165) is 6.92 Å². The van der Waals surface area contributed by atoms with Crippen LogP contribution in [0.15, 0.2) is 11.6 Å². The third-order valence-corrected chi connectivity index (χ3v) is 10.8. The van der Waals surface area contributed by atoms with Crippen molar-refractivity contribution >= 4 is 41.6 Å².